The lowest BCUT2D eigenvalue weighted by atomic mass is 9.99. The Morgan fingerprint density at radius 2 is 2.05 bits per heavy atom. The van der Waals surface area contributed by atoms with E-state index in [1.807, 2.05) is 6.92 Å². The van der Waals surface area contributed by atoms with Crippen LogP contribution in [0.5, 0.6) is 0 Å². The van der Waals surface area contributed by atoms with E-state index in [4.69, 9.17) is 0 Å². The highest BCUT2D eigenvalue weighted by Crippen LogP contribution is 2.27. The van der Waals surface area contributed by atoms with Gasteiger partial charge in [-0.15, -0.1) is 0 Å². The number of hydrogen-bond acceptors (Lipinski definition) is 2. The molecule has 0 radical (unpaired) electrons. The maximum absolute atomic E-state index is 13.3. The van der Waals surface area contributed by atoms with Crippen LogP contribution in [0.4, 0.5) is 4.39 Å². The fourth-order valence-electron chi connectivity index (χ4n) is 2.82. The van der Waals surface area contributed by atoms with Crippen molar-refractivity contribution in [1.82, 2.24) is 10.2 Å². The third kappa shape index (κ3) is 3.62. The molecule has 0 aliphatic carbocycles. The summed E-state index contributed by atoms with van der Waals surface area (Å²) in [6, 6.07) is 4.33. The van der Waals surface area contributed by atoms with Crippen LogP contribution < -0.4 is 5.32 Å². The van der Waals surface area contributed by atoms with Gasteiger partial charge in [0.1, 0.15) is 5.82 Å². The van der Waals surface area contributed by atoms with Crippen molar-refractivity contribution in [3.8, 4) is 0 Å². The number of halogens is 1. The van der Waals surface area contributed by atoms with Gasteiger partial charge in [-0.3, -0.25) is 9.69 Å². The molecule has 0 aromatic heterocycles. The molecule has 1 aromatic rings. The van der Waals surface area contributed by atoms with Crippen LogP contribution >= 0.6 is 0 Å². The molecule has 4 heteroatoms. The van der Waals surface area contributed by atoms with Crippen molar-refractivity contribution in [2.45, 2.75) is 52.1 Å². The third-order valence-corrected chi connectivity index (χ3v) is 4.28. The van der Waals surface area contributed by atoms with Crippen molar-refractivity contribution >= 4 is 5.91 Å². The van der Waals surface area contributed by atoms with E-state index in [9.17, 15) is 9.18 Å². The molecule has 1 aromatic carbocycles. The number of hydrogen-bond donors (Lipinski definition) is 1. The van der Waals surface area contributed by atoms with Crippen LogP contribution in [-0.2, 0) is 0 Å². The number of nitrogens with zero attached hydrogens (tertiary/aromatic N) is 1. The number of carbonyl (C=O) groups excluding carboxylic acids is 1. The first-order chi connectivity index (χ1) is 9.61. The summed E-state index contributed by atoms with van der Waals surface area (Å²) in [5.41, 5.74) is 1.05. The predicted octanol–water partition coefficient (Wildman–Crippen LogP) is 3.13. The van der Waals surface area contributed by atoms with Crippen molar-refractivity contribution < 1.29 is 9.18 Å². The highest BCUT2D eigenvalue weighted by Gasteiger charge is 2.39. The summed E-state index contributed by atoms with van der Waals surface area (Å²) >= 11 is 0. The Bertz CT molecular complexity index is 550. The lowest BCUT2D eigenvalue weighted by Crippen LogP contribution is -2.50. The first kappa shape index (κ1) is 16.0. The summed E-state index contributed by atoms with van der Waals surface area (Å²) in [5, 5.41) is 3.09. The van der Waals surface area contributed by atoms with Gasteiger partial charge in [-0.05, 0) is 58.7 Å². The van der Waals surface area contributed by atoms with Crippen molar-refractivity contribution in [3.63, 3.8) is 0 Å². The second-order valence-electron chi connectivity index (χ2n) is 7.32. The molecule has 0 bridgehead atoms. The van der Waals surface area contributed by atoms with Crippen LogP contribution in [0.15, 0.2) is 18.2 Å². The van der Waals surface area contributed by atoms with Crippen molar-refractivity contribution in [1.29, 1.82) is 0 Å². The lowest BCUT2D eigenvalue weighted by Gasteiger charge is -2.34. The van der Waals surface area contributed by atoms with Gasteiger partial charge in [0.15, 0.2) is 0 Å². The number of rotatable bonds is 2. The van der Waals surface area contributed by atoms with Crippen molar-refractivity contribution in [3.05, 3.63) is 35.1 Å². The van der Waals surface area contributed by atoms with Crippen LogP contribution in [0.1, 0.15) is 50.0 Å². The third-order valence-electron chi connectivity index (χ3n) is 4.28. The summed E-state index contributed by atoms with van der Waals surface area (Å²) in [4.78, 5) is 14.8. The van der Waals surface area contributed by atoms with E-state index in [0.29, 0.717) is 5.56 Å². The van der Waals surface area contributed by atoms with E-state index < -0.39 is 0 Å². The Hall–Kier alpha value is -1.42. The molecule has 1 aliphatic rings. The molecule has 1 amide bonds. The zero-order chi connectivity index (χ0) is 15.8. The molecule has 21 heavy (non-hydrogen) atoms. The number of aryl methyl sites for hydroxylation is 1. The Morgan fingerprint density at radius 3 is 2.62 bits per heavy atom. The number of likely N-dealkylation sites (tertiary alicyclic amines) is 1. The number of carbonyl (C=O) groups is 1. The molecule has 0 spiro atoms. The first-order valence-electron chi connectivity index (χ1n) is 7.44. The topological polar surface area (TPSA) is 32.3 Å². The predicted molar refractivity (Wildman–Crippen MR) is 83.0 cm³/mol. The molecule has 1 aliphatic heterocycles. The standard InChI is InChI=1S/C17H25FN2O/c1-12-6-7-13(18)10-14(12)15(21)19-17(5)8-9-20(11-17)16(2,3)4/h6-7,10H,8-9,11H2,1-5H3,(H,19,21). The Morgan fingerprint density at radius 1 is 1.38 bits per heavy atom. The monoisotopic (exact) mass is 292 g/mol. The second kappa shape index (κ2) is 5.41. The van der Waals surface area contributed by atoms with Gasteiger partial charge in [0, 0.05) is 24.2 Å². The number of amides is 1. The summed E-state index contributed by atoms with van der Waals surface area (Å²) < 4.78 is 13.3. The molecule has 1 unspecified atom stereocenters. The molecule has 2 rings (SSSR count). The SMILES string of the molecule is Cc1ccc(F)cc1C(=O)NC1(C)CCN(C(C)(C)C)C1. The van der Waals surface area contributed by atoms with Crippen LogP contribution in [0.25, 0.3) is 0 Å². The minimum absolute atomic E-state index is 0.0945. The van der Waals surface area contributed by atoms with E-state index in [2.05, 4.69) is 37.9 Å². The average molecular weight is 292 g/mol. The fourth-order valence-corrected chi connectivity index (χ4v) is 2.82. The zero-order valence-corrected chi connectivity index (χ0v) is 13.6. The second-order valence-corrected chi connectivity index (χ2v) is 7.32. The normalized spacial score (nSPS) is 23.3. The molecule has 1 fully saturated rings. The molecule has 116 valence electrons. The molecule has 0 saturated carbocycles. The van der Waals surface area contributed by atoms with Gasteiger partial charge in [-0.2, -0.15) is 0 Å². The summed E-state index contributed by atoms with van der Waals surface area (Å²) in [6.45, 7) is 12.2. The Kier molecular flexibility index (Phi) is 4.11. The maximum Gasteiger partial charge on any atom is 0.252 e. The van der Waals surface area contributed by atoms with E-state index in [1.54, 1.807) is 6.07 Å². The maximum atomic E-state index is 13.3. The molecule has 1 N–H and O–H groups in total. The molecule has 1 atom stereocenters. The molecular weight excluding hydrogens is 267 g/mol. The molecule has 3 nitrogen and oxygen atoms in total. The van der Waals surface area contributed by atoms with E-state index in [-0.39, 0.29) is 22.8 Å². The van der Waals surface area contributed by atoms with Crippen molar-refractivity contribution in [2.75, 3.05) is 13.1 Å². The highest BCUT2D eigenvalue weighted by atomic mass is 19.1. The fraction of sp³-hybridized carbons (Fsp3) is 0.588. The molecular formula is C17H25FN2O. The summed E-state index contributed by atoms with van der Waals surface area (Å²) in [6.07, 6.45) is 0.907. The molecule has 1 saturated heterocycles. The van der Waals surface area contributed by atoms with Gasteiger partial charge in [-0.1, -0.05) is 6.07 Å². The van der Waals surface area contributed by atoms with Crippen LogP contribution in [0.3, 0.4) is 0 Å². The van der Waals surface area contributed by atoms with Gasteiger partial charge in [0.25, 0.3) is 5.91 Å². The minimum atomic E-state index is -0.376. The average Bonchev–Trinajstić information content (AvgIpc) is 2.74. The van der Waals surface area contributed by atoms with Gasteiger partial charge < -0.3 is 5.32 Å². The summed E-state index contributed by atoms with van der Waals surface area (Å²) in [7, 11) is 0. The van der Waals surface area contributed by atoms with E-state index in [0.717, 1.165) is 25.1 Å². The van der Waals surface area contributed by atoms with E-state index in [1.165, 1.54) is 12.1 Å². The van der Waals surface area contributed by atoms with Gasteiger partial charge >= 0.3 is 0 Å². The lowest BCUT2D eigenvalue weighted by molar-refractivity contribution is 0.0894. The van der Waals surface area contributed by atoms with Crippen LogP contribution in [0.2, 0.25) is 0 Å². The van der Waals surface area contributed by atoms with Gasteiger partial charge in [0.2, 0.25) is 0 Å². The van der Waals surface area contributed by atoms with Gasteiger partial charge in [0.05, 0.1) is 5.54 Å². The van der Waals surface area contributed by atoms with Crippen molar-refractivity contribution in [2.24, 2.45) is 0 Å². The van der Waals surface area contributed by atoms with Crippen LogP contribution in [-0.4, -0.2) is 35.0 Å². The Labute approximate surface area is 126 Å². The number of nitrogens with one attached hydrogen (secondary N) is 1. The minimum Gasteiger partial charge on any atom is -0.346 e. The smallest absolute Gasteiger partial charge is 0.252 e. The quantitative estimate of drug-likeness (QED) is 0.908. The highest BCUT2D eigenvalue weighted by molar-refractivity contribution is 5.96. The van der Waals surface area contributed by atoms with Gasteiger partial charge in [-0.25, -0.2) is 4.39 Å². The first-order valence-corrected chi connectivity index (χ1v) is 7.44. The summed E-state index contributed by atoms with van der Waals surface area (Å²) in [5.74, 6) is -0.566. The van der Waals surface area contributed by atoms with E-state index >= 15 is 0 Å². The Balaban J connectivity index is 2.11. The number of benzene rings is 1. The largest absolute Gasteiger partial charge is 0.346 e. The van der Waals surface area contributed by atoms with Crippen LogP contribution in [0, 0.1) is 12.7 Å². The zero-order valence-electron chi connectivity index (χ0n) is 13.6. The molecule has 1 heterocycles.